The number of hydrogen-bond donors (Lipinski definition) is 2. The summed E-state index contributed by atoms with van der Waals surface area (Å²) in [5.41, 5.74) is 1.63. The van der Waals surface area contributed by atoms with Crippen molar-refractivity contribution in [2.45, 2.75) is 33.0 Å². The van der Waals surface area contributed by atoms with E-state index in [9.17, 15) is 9.59 Å². The SMILES string of the molecule is CCn1c(=O)oc2cc(NC(=O)N[C@H](C)c3nncn3CCOC)ccc21. The van der Waals surface area contributed by atoms with Crippen molar-refractivity contribution in [3.05, 3.63) is 40.9 Å². The first-order valence-electron chi connectivity index (χ1n) is 8.61. The molecule has 0 unspecified atom stereocenters. The summed E-state index contributed by atoms with van der Waals surface area (Å²) in [6, 6.07) is 4.32. The number of fused-ring (bicyclic) bond motifs is 1. The van der Waals surface area contributed by atoms with Gasteiger partial charge >= 0.3 is 11.8 Å². The minimum absolute atomic E-state index is 0.354. The van der Waals surface area contributed by atoms with Crippen molar-refractivity contribution < 1.29 is 13.9 Å². The van der Waals surface area contributed by atoms with E-state index in [-0.39, 0.29) is 6.04 Å². The van der Waals surface area contributed by atoms with Crippen molar-refractivity contribution in [1.29, 1.82) is 0 Å². The van der Waals surface area contributed by atoms with E-state index in [1.807, 2.05) is 18.4 Å². The molecule has 10 nitrogen and oxygen atoms in total. The van der Waals surface area contributed by atoms with Crippen LogP contribution in [0.5, 0.6) is 0 Å². The number of ether oxygens (including phenoxy) is 1. The Morgan fingerprint density at radius 1 is 1.41 bits per heavy atom. The summed E-state index contributed by atoms with van der Waals surface area (Å²) < 4.78 is 13.6. The maximum atomic E-state index is 12.3. The summed E-state index contributed by atoms with van der Waals surface area (Å²) >= 11 is 0. The minimum Gasteiger partial charge on any atom is -0.408 e. The Morgan fingerprint density at radius 2 is 2.22 bits per heavy atom. The van der Waals surface area contributed by atoms with E-state index in [1.165, 1.54) is 4.57 Å². The molecular weight excluding hydrogens is 352 g/mol. The Labute approximate surface area is 155 Å². The minimum atomic E-state index is -0.418. The lowest BCUT2D eigenvalue weighted by atomic mass is 10.3. The van der Waals surface area contributed by atoms with Crippen LogP contribution in [0.1, 0.15) is 25.7 Å². The standard InChI is InChI=1S/C17H22N6O4/c1-4-23-13-6-5-12(9-14(13)27-17(23)25)20-16(24)19-11(2)15-21-18-10-22(15)7-8-26-3/h5-6,9-11H,4,7-8H2,1-3H3,(H2,19,20,24)/t11-/m1/s1. The Kier molecular flexibility index (Phi) is 5.55. The number of aromatic nitrogens is 4. The highest BCUT2D eigenvalue weighted by Gasteiger charge is 2.16. The molecule has 1 aromatic carbocycles. The van der Waals surface area contributed by atoms with E-state index in [0.717, 1.165) is 0 Å². The third-order valence-corrected chi connectivity index (χ3v) is 4.16. The van der Waals surface area contributed by atoms with Crippen LogP contribution >= 0.6 is 0 Å². The number of methoxy groups -OCH3 is 1. The molecule has 0 radical (unpaired) electrons. The Balaban J connectivity index is 1.68. The van der Waals surface area contributed by atoms with Gasteiger partial charge in [0, 0.05) is 32.0 Å². The molecule has 1 atom stereocenters. The number of carbonyl (C=O) groups excluding carboxylic acids is 1. The van der Waals surface area contributed by atoms with Gasteiger partial charge < -0.3 is 24.4 Å². The molecule has 2 amide bonds. The molecule has 144 valence electrons. The lowest BCUT2D eigenvalue weighted by Crippen LogP contribution is -2.32. The Bertz CT molecular complexity index is 989. The van der Waals surface area contributed by atoms with Crippen LogP contribution in [-0.2, 0) is 17.8 Å². The molecule has 0 aliphatic heterocycles. The quantitative estimate of drug-likeness (QED) is 0.651. The van der Waals surface area contributed by atoms with Crippen LogP contribution in [0, 0.1) is 0 Å². The van der Waals surface area contributed by atoms with Crippen LogP contribution in [0.15, 0.2) is 33.7 Å². The van der Waals surface area contributed by atoms with Crippen molar-refractivity contribution in [1.82, 2.24) is 24.6 Å². The molecule has 0 saturated carbocycles. The molecule has 2 heterocycles. The smallest absolute Gasteiger partial charge is 0.408 e. The molecule has 2 N–H and O–H groups in total. The van der Waals surface area contributed by atoms with Crippen molar-refractivity contribution >= 4 is 22.8 Å². The van der Waals surface area contributed by atoms with Gasteiger partial charge in [0.2, 0.25) is 0 Å². The van der Waals surface area contributed by atoms with Gasteiger partial charge in [-0.25, -0.2) is 9.59 Å². The number of amides is 2. The topological polar surface area (TPSA) is 116 Å². The fourth-order valence-electron chi connectivity index (χ4n) is 2.83. The third kappa shape index (κ3) is 4.00. The van der Waals surface area contributed by atoms with Crippen molar-refractivity contribution in [2.24, 2.45) is 0 Å². The van der Waals surface area contributed by atoms with Crippen LogP contribution in [0.2, 0.25) is 0 Å². The maximum absolute atomic E-state index is 12.3. The van der Waals surface area contributed by atoms with Gasteiger partial charge in [-0.15, -0.1) is 10.2 Å². The first kappa shape index (κ1) is 18.6. The second-order valence-corrected chi connectivity index (χ2v) is 5.99. The number of nitrogens with zero attached hydrogens (tertiary/aromatic N) is 4. The van der Waals surface area contributed by atoms with Crippen LogP contribution < -0.4 is 16.4 Å². The van der Waals surface area contributed by atoms with Gasteiger partial charge in [-0.1, -0.05) is 0 Å². The first-order valence-corrected chi connectivity index (χ1v) is 8.61. The largest absolute Gasteiger partial charge is 0.419 e. The third-order valence-electron chi connectivity index (χ3n) is 4.16. The molecule has 0 saturated heterocycles. The van der Waals surface area contributed by atoms with Gasteiger partial charge in [0.1, 0.15) is 6.33 Å². The Morgan fingerprint density at radius 3 is 2.96 bits per heavy atom. The monoisotopic (exact) mass is 374 g/mol. The number of urea groups is 1. The molecular formula is C17H22N6O4. The number of aryl methyl sites for hydroxylation is 1. The molecule has 3 rings (SSSR count). The van der Waals surface area contributed by atoms with E-state index in [2.05, 4.69) is 20.8 Å². The van der Waals surface area contributed by atoms with Gasteiger partial charge in [0.15, 0.2) is 11.4 Å². The molecule has 0 bridgehead atoms. The van der Waals surface area contributed by atoms with E-state index in [1.54, 1.807) is 31.6 Å². The van der Waals surface area contributed by atoms with Gasteiger partial charge in [0.05, 0.1) is 18.2 Å². The highest BCUT2D eigenvalue weighted by molar-refractivity contribution is 5.91. The number of oxazole rings is 1. The van der Waals surface area contributed by atoms with Crippen LogP contribution in [-0.4, -0.2) is 39.1 Å². The predicted molar refractivity (Wildman–Crippen MR) is 98.6 cm³/mol. The first-order chi connectivity index (χ1) is 13.0. The molecule has 0 spiro atoms. The molecule has 3 aromatic rings. The maximum Gasteiger partial charge on any atom is 0.419 e. The second-order valence-electron chi connectivity index (χ2n) is 5.99. The summed E-state index contributed by atoms with van der Waals surface area (Å²) in [6.45, 7) is 5.31. The Hall–Kier alpha value is -3.14. The summed E-state index contributed by atoms with van der Waals surface area (Å²) in [7, 11) is 1.62. The number of rotatable bonds is 7. The lowest BCUT2D eigenvalue weighted by Gasteiger charge is -2.15. The number of nitrogens with one attached hydrogen (secondary N) is 2. The number of anilines is 1. The van der Waals surface area contributed by atoms with Gasteiger partial charge in [0.25, 0.3) is 0 Å². The summed E-state index contributed by atoms with van der Waals surface area (Å²) in [5, 5.41) is 13.5. The normalized spacial score (nSPS) is 12.3. The van der Waals surface area contributed by atoms with Gasteiger partial charge in [-0.2, -0.15) is 0 Å². The van der Waals surface area contributed by atoms with E-state index < -0.39 is 11.8 Å². The fourth-order valence-corrected chi connectivity index (χ4v) is 2.83. The van der Waals surface area contributed by atoms with Crippen LogP contribution in [0.3, 0.4) is 0 Å². The molecule has 10 heteroatoms. The lowest BCUT2D eigenvalue weighted by molar-refractivity contribution is 0.185. The highest BCUT2D eigenvalue weighted by Crippen LogP contribution is 2.18. The van der Waals surface area contributed by atoms with Crippen LogP contribution in [0.25, 0.3) is 11.1 Å². The zero-order chi connectivity index (χ0) is 19.4. The van der Waals surface area contributed by atoms with Crippen molar-refractivity contribution in [3.63, 3.8) is 0 Å². The van der Waals surface area contributed by atoms with E-state index in [4.69, 9.17) is 9.15 Å². The predicted octanol–water partition coefficient (Wildman–Crippen LogP) is 1.73. The van der Waals surface area contributed by atoms with Crippen molar-refractivity contribution in [2.75, 3.05) is 19.0 Å². The zero-order valence-electron chi connectivity index (χ0n) is 15.4. The fraction of sp³-hybridized carbons (Fsp3) is 0.412. The van der Waals surface area contributed by atoms with Gasteiger partial charge in [-0.05, 0) is 26.0 Å². The summed E-state index contributed by atoms with van der Waals surface area (Å²) in [5.74, 6) is 0.210. The number of hydrogen-bond acceptors (Lipinski definition) is 6. The van der Waals surface area contributed by atoms with Crippen molar-refractivity contribution in [3.8, 4) is 0 Å². The average molecular weight is 374 g/mol. The summed E-state index contributed by atoms with van der Waals surface area (Å²) in [6.07, 6.45) is 1.60. The highest BCUT2D eigenvalue weighted by atomic mass is 16.5. The average Bonchev–Trinajstić information content (AvgIpc) is 3.22. The van der Waals surface area contributed by atoms with E-state index in [0.29, 0.717) is 42.3 Å². The van der Waals surface area contributed by atoms with E-state index >= 15 is 0 Å². The molecule has 0 aliphatic rings. The number of benzene rings is 1. The second kappa shape index (κ2) is 8.04. The molecule has 27 heavy (non-hydrogen) atoms. The van der Waals surface area contributed by atoms with Gasteiger partial charge in [-0.3, -0.25) is 4.57 Å². The molecule has 0 fully saturated rings. The van der Waals surface area contributed by atoms with Crippen LogP contribution in [0.4, 0.5) is 10.5 Å². The molecule has 0 aliphatic carbocycles. The molecule has 2 aromatic heterocycles. The summed E-state index contributed by atoms with van der Waals surface area (Å²) in [4.78, 5) is 24.1. The number of carbonyl (C=O) groups is 1. The zero-order valence-corrected chi connectivity index (χ0v) is 15.4.